The van der Waals surface area contributed by atoms with Crippen molar-refractivity contribution in [2.24, 2.45) is 0 Å². The van der Waals surface area contributed by atoms with Crippen LogP contribution in [0.5, 0.6) is 11.5 Å². The Morgan fingerprint density at radius 1 is 1.10 bits per heavy atom. The van der Waals surface area contributed by atoms with E-state index in [2.05, 4.69) is 15.9 Å². The van der Waals surface area contributed by atoms with Crippen LogP contribution in [-0.4, -0.2) is 0 Å². The van der Waals surface area contributed by atoms with Gasteiger partial charge >= 0.3 is 6.18 Å². The molecule has 2 N–H and O–H groups in total. The van der Waals surface area contributed by atoms with Crippen molar-refractivity contribution in [3.05, 3.63) is 51.7 Å². The molecule has 0 saturated heterocycles. The SMILES string of the molecule is Cc1cc(Oc2ccc(Br)cc2C(F)(F)F)c(F)cc1N. The highest BCUT2D eigenvalue weighted by molar-refractivity contribution is 9.10. The molecule has 0 aromatic heterocycles. The van der Waals surface area contributed by atoms with Crippen molar-refractivity contribution in [1.82, 2.24) is 0 Å². The Morgan fingerprint density at radius 2 is 1.76 bits per heavy atom. The van der Waals surface area contributed by atoms with E-state index in [4.69, 9.17) is 10.5 Å². The third kappa shape index (κ3) is 3.47. The zero-order chi connectivity index (χ0) is 15.8. The summed E-state index contributed by atoms with van der Waals surface area (Å²) in [6, 6.07) is 5.64. The largest absolute Gasteiger partial charge is 0.454 e. The molecular formula is C14H10BrF4NO. The van der Waals surface area contributed by atoms with Gasteiger partial charge in [-0.2, -0.15) is 13.2 Å². The van der Waals surface area contributed by atoms with Crippen LogP contribution >= 0.6 is 15.9 Å². The summed E-state index contributed by atoms with van der Waals surface area (Å²) >= 11 is 2.96. The van der Waals surface area contributed by atoms with Gasteiger partial charge in [0.2, 0.25) is 0 Å². The predicted molar refractivity (Wildman–Crippen MR) is 74.8 cm³/mol. The van der Waals surface area contributed by atoms with Crippen molar-refractivity contribution in [3.8, 4) is 11.5 Å². The quantitative estimate of drug-likeness (QED) is 0.581. The normalized spacial score (nSPS) is 11.5. The molecule has 0 aliphatic carbocycles. The van der Waals surface area contributed by atoms with E-state index in [1.807, 2.05) is 0 Å². The first kappa shape index (κ1) is 15.6. The van der Waals surface area contributed by atoms with Crippen LogP contribution in [0.25, 0.3) is 0 Å². The molecule has 0 aliphatic heterocycles. The van der Waals surface area contributed by atoms with E-state index < -0.39 is 23.3 Å². The van der Waals surface area contributed by atoms with Crippen LogP contribution in [0, 0.1) is 12.7 Å². The van der Waals surface area contributed by atoms with Crippen LogP contribution in [0.2, 0.25) is 0 Å². The number of alkyl halides is 3. The fourth-order valence-corrected chi connectivity index (χ4v) is 2.04. The van der Waals surface area contributed by atoms with Crippen molar-refractivity contribution < 1.29 is 22.3 Å². The van der Waals surface area contributed by atoms with Gasteiger partial charge in [0.15, 0.2) is 11.6 Å². The lowest BCUT2D eigenvalue weighted by Gasteiger charge is -2.15. The summed E-state index contributed by atoms with van der Waals surface area (Å²) in [5.41, 5.74) is 5.24. The maximum absolute atomic E-state index is 13.7. The highest BCUT2D eigenvalue weighted by atomic mass is 79.9. The van der Waals surface area contributed by atoms with E-state index in [0.29, 0.717) is 5.56 Å². The summed E-state index contributed by atoms with van der Waals surface area (Å²) in [5, 5.41) is 0. The lowest BCUT2D eigenvalue weighted by molar-refractivity contribution is -0.138. The molecule has 2 aromatic carbocycles. The van der Waals surface area contributed by atoms with E-state index in [1.54, 1.807) is 6.92 Å². The number of rotatable bonds is 2. The summed E-state index contributed by atoms with van der Waals surface area (Å²) < 4.78 is 57.9. The average Bonchev–Trinajstić information content (AvgIpc) is 2.36. The fraction of sp³-hybridized carbons (Fsp3) is 0.143. The molecule has 112 valence electrons. The number of hydrogen-bond acceptors (Lipinski definition) is 2. The lowest BCUT2D eigenvalue weighted by Crippen LogP contribution is -2.07. The van der Waals surface area contributed by atoms with Gasteiger partial charge in [0.25, 0.3) is 0 Å². The zero-order valence-electron chi connectivity index (χ0n) is 10.8. The third-order valence-electron chi connectivity index (χ3n) is 2.79. The number of nitrogens with two attached hydrogens (primary N) is 1. The van der Waals surface area contributed by atoms with E-state index in [0.717, 1.165) is 18.2 Å². The maximum Gasteiger partial charge on any atom is 0.420 e. The van der Waals surface area contributed by atoms with Crippen LogP contribution in [0.15, 0.2) is 34.8 Å². The molecule has 0 heterocycles. The Kier molecular flexibility index (Phi) is 4.13. The molecule has 2 nitrogen and oxygen atoms in total. The highest BCUT2D eigenvalue weighted by Crippen LogP contribution is 2.40. The fourth-order valence-electron chi connectivity index (χ4n) is 1.68. The molecule has 0 saturated carbocycles. The van der Waals surface area contributed by atoms with Crippen LogP contribution in [0.1, 0.15) is 11.1 Å². The Bertz CT molecular complexity index is 685. The van der Waals surface area contributed by atoms with Crippen molar-refractivity contribution in [2.75, 3.05) is 5.73 Å². The Morgan fingerprint density at radius 3 is 2.38 bits per heavy atom. The average molecular weight is 364 g/mol. The lowest BCUT2D eigenvalue weighted by atomic mass is 10.1. The Balaban J connectivity index is 2.47. The van der Waals surface area contributed by atoms with Crippen molar-refractivity contribution in [2.45, 2.75) is 13.1 Å². The van der Waals surface area contributed by atoms with Crippen LogP contribution < -0.4 is 10.5 Å². The van der Waals surface area contributed by atoms with Crippen LogP contribution in [0.3, 0.4) is 0 Å². The predicted octanol–water partition coefficient (Wildman–Crippen LogP) is 5.29. The second-order valence-corrected chi connectivity index (χ2v) is 5.30. The van der Waals surface area contributed by atoms with Gasteiger partial charge in [0.05, 0.1) is 5.56 Å². The monoisotopic (exact) mass is 363 g/mol. The van der Waals surface area contributed by atoms with Crippen molar-refractivity contribution >= 4 is 21.6 Å². The maximum atomic E-state index is 13.7. The molecule has 0 bridgehead atoms. The Hall–Kier alpha value is -1.76. The molecule has 0 radical (unpaired) electrons. The summed E-state index contributed by atoms with van der Waals surface area (Å²) in [5.74, 6) is -1.61. The number of hydrogen-bond donors (Lipinski definition) is 1. The number of ether oxygens (including phenoxy) is 1. The smallest absolute Gasteiger partial charge is 0.420 e. The first-order valence-electron chi connectivity index (χ1n) is 5.78. The molecule has 2 rings (SSSR count). The van der Waals surface area contributed by atoms with Crippen LogP contribution in [-0.2, 0) is 6.18 Å². The topological polar surface area (TPSA) is 35.2 Å². The highest BCUT2D eigenvalue weighted by Gasteiger charge is 2.35. The van der Waals surface area contributed by atoms with Gasteiger partial charge < -0.3 is 10.5 Å². The summed E-state index contributed by atoms with van der Waals surface area (Å²) in [7, 11) is 0. The van der Waals surface area contributed by atoms with Crippen molar-refractivity contribution in [3.63, 3.8) is 0 Å². The Labute approximate surface area is 126 Å². The minimum Gasteiger partial charge on any atom is -0.454 e. The van der Waals surface area contributed by atoms with E-state index in [1.165, 1.54) is 12.1 Å². The van der Waals surface area contributed by atoms with Gasteiger partial charge in [-0.1, -0.05) is 15.9 Å². The van der Waals surface area contributed by atoms with Gasteiger partial charge in [-0.15, -0.1) is 0 Å². The second kappa shape index (κ2) is 5.55. The number of benzene rings is 2. The van der Waals surface area contributed by atoms with Gasteiger partial charge in [-0.05, 0) is 36.8 Å². The summed E-state index contributed by atoms with van der Waals surface area (Å²) in [4.78, 5) is 0. The number of aryl methyl sites for hydroxylation is 1. The molecule has 0 amide bonds. The first-order chi connectivity index (χ1) is 9.68. The molecular weight excluding hydrogens is 354 g/mol. The summed E-state index contributed by atoms with van der Waals surface area (Å²) in [6.07, 6.45) is -4.61. The number of nitrogen functional groups attached to an aromatic ring is 1. The summed E-state index contributed by atoms with van der Waals surface area (Å²) in [6.45, 7) is 1.61. The molecule has 0 spiro atoms. The zero-order valence-corrected chi connectivity index (χ0v) is 12.3. The van der Waals surface area contributed by atoms with Crippen LogP contribution in [0.4, 0.5) is 23.2 Å². The van der Waals surface area contributed by atoms with Gasteiger partial charge in [-0.25, -0.2) is 4.39 Å². The molecule has 7 heteroatoms. The van der Waals surface area contributed by atoms with E-state index in [-0.39, 0.29) is 15.9 Å². The van der Waals surface area contributed by atoms with Gasteiger partial charge in [0, 0.05) is 16.2 Å². The standard InChI is InChI=1S/C14H10BrF4NO/c1-7-4-13(10(16)6-11(7)20)21-12-3-2-8(15)5-9(12)14(17,18)19/h2-6H,20H2,1H3. The molecule has 0 fully saturated rings. The van der Waals surface area contributed by atoms with Gasteiger partial charge in [-0.3, -0.25) is 0 Å². The van der Waals surface area contributed by atoms with E-state index >= 15 is 0 Å². The molecule has 0 aliphatic rings. The number of anilines is 1. The molecule has 0 unspecified atom stereocenters. The minimum absolute atomic E-state index is 0.201. The minimum atomic E-state index is -4.61. The third-order valence-corrected chi connectivity index (χ3v) is 3.28. The molecule has 2 aromatic rings. The molecule has 21 heavy (non-hydrogen) atoms. The number of halogens is 5. The second-order valence-electron chi connectivity index (χ2n) is 4.38. The van der Waals surface area contributed by atoms with Gasteiger partial charge in [0.1, 0.15) is 5.75 Å². The first-order valence-corrected chi connectivity index (χ1v) is 6.58. The van der Waals surface area contributed by atoms with Crippen molar-refractivity contribution in [1.29, 1.82) is 0 Å². The van der Waals surface area contributed by atoms with E-state index in [9.17, 15) is 17.6 Å². The molecule has 0 atom stereocenters.